The van der Waals surface area contributed by atoms with Gasteiger partial charge in [0.2, 0.25) is 10.0 Å². The molecule has 0 aliphatic carbocycles. The van der Waals surface area contributed by atoms with Gasteiger partial charge in [-0.15, -0.1) is 0 Å². The highest BCUT2D eigenvalue weighted by molar-refractivity contribution is 7.88. The maximum absolute atomic E-state index is 12.1. The van der Waals surface area contributed by atoms with E-state index in [-0.39, 0.29) is 12.8 Å². The van der Waals surface area contributed by atoms with Crippen molar-refractivity contribution in [3.63, 3.8) is 0 Å². The third kappa shape index (κ3) is 5.38. The van der Waals surface area contributed by atoms with E-state index in [0.717, 1.165) is 12.8 Å². The molecule has 1 heterocycles. The van der Waals surface area contributed by atoms with Crippen LogP contribution in [-0.4, -0.2) is 62.8 Å². The number of carbonyl (C=O) groups excluding carboxylic acids is 1. The molecule has 1 fully saturated rings. The van der Waals surface area contributed by atoms with Gasteiger partial charge in [-0.05, 0) is 24.1 Å². The molecule has 0 bridgehead atoms. The van der Waals surface area contributed by atoms with Gasteiger partial charge in [0.1, 0.15) is 5.75 Å². The lowest BCUT2D eigenvalue weighted by Gasteiger charge is -2.33. The summed E-state index contributed by atoms with van der Waals surface area (Å²) in [6.07, 6.45) is 3.32. The van der Waals surface area contributed by atoms with Crippen LogP contribution in [0.5, 0.6) is 5.75 Å². The summed E-state index contributed by atoms with van der Waals surface area (Å²) in [4.78, 5) is 13.6. The van der Waals surface area contributed by atoms with Crippen molar-refractivity contribution in [2.45, 2.75) is 19.8 Å². The molecular formula is C16H25N3O4S. The standard InChI is InChI=1S/C16H25N3O4S/c1-3-4-14-5-7-15(8-6-14)23-13-17-16(20)18-9-11-19(12-10-18)24(2,21)22/h5-8H,3-4,9-13H2,1-2H3,(H,17,20). The third-order valence-corrected chi connectivity index (χ3v) is 5.22. The van der Waals surface area contributed by atoms with Gasteiger partial charge in [0, 0.05) is 26.2 Å². The van der Waals surface area contributed by atoms with E-state index in [0.29, 0.717) is 31.9 Å². The lowest BCUT2D eigenvalue weighted by Crippen LogP contribution is -2.53. The van der Waals surface area contributed by atoms with Crippen LogP contribution in [0.1, 0.15) is 18.9 Å². The Morgan fingerprint density at radius 3 is 2.33 bits per heavy atom. The molecule has 0 atom stereocenters. The van der Waals surface area contributed by atoms with Crippen LogP contribution >= 0.6 is 0 Å². The van der Waals surface area contributed by atoms with Gasteiger partial charge in [-0.2, -0.15) is 4.31 Å². The topological polar surface area (TPSA) is 79.0 Å². The monoisotopic (exact) mass is 355 g/mol. The summed E-state index contributed by atoms with van der Waals surface area (Å²) in [6, 6.07) is 7.57. The predicted octanol–water partition coefficient (Wildman–Crippen LogP) is 1.26. The van der Waals surface area contributed by atoms with Crippen molar-refractivity contribution >= 4 is 16.1 Å². The molecule has 1 aliphatic rings. The molecule has 1 N–H and O–H groups in total. The number of benzene rings is 1. The fourth-order valence-electron chi connectivity index (χ4n) is 2.56. The van der Waals surface area contributed by atoms with Crippen LogP contribution < -0.4 is 10.1 Å². The van der Waals surface area contributed by atoms with Crippen molar-refractivity contribution in [2.75, 3.05) is 39.2 Å². The van der Waals surface area contributed by atoms with E-state index >= 15 is 0 Å². The van der Waals surface area contributed by atoms with Crippen LogP contribution in [0.15, 0.2) is 24.3 Å². The summed E-state index contributed by atoms with van der Waals surface area (Å²) in [5.74, 6) is 0.706. The van der Waals surface area contributed by atoms with E-state index in [1.54, 1.807) is 4.90 Å². The van der Waals surface area contributed by atoms with Gasteiger partial charge >= 0.3 is 6.03 Å². The fraction of sp³-hybridized carbons (Fsp3) is 0.562. The van der Waals surface area contributed by atoms with E-state index in [1.807, 2.05) is 24.3 Å². The largest absolute Gasteiger partial charge is 0.473 e. The molecule has 7 nitrogen and oxygen atoms in total. The average Bonchev–Trinajstić information content (AvgIpc) is 2.56. The summed E-state index contributed by atoms with van der Waals surface area (Å²) in [5, 5.41) is 2.69. The van der Waals surface area contributed by atoms with Crippen molar-refractivity contribution in [3.05, 3.63) is 29.8 Å². The predicted molar refractivity (Wildman–Crippen MR) is 92.5 cm³/mol. The lowest BCUT2D eigenvalue weighted by atomic mass is 10.1. The normalized spacial score (nSPS) is 16.0. The third-order valence-electron chi connectivity index (χ3n) is 3.92. The zero-order valence-corrected chi connectivity index (χ0v) is 15.0. The van der Waals surface area contributed by atoms with Gasteiger partial charge in [-0.3, -0.25) is 0 Å². The second kappa shape index (κ2) is 8.34. The van der Waals surface area contributed by atoms with Crippen molar-refractivity contribution in [1.82, 2.24) is 14.5 Å². The molecule has 0 unspecified atom stereocenters. The van der Waals surface area contributed by atoms with Crippen LogP contribution in [0.2, 0.25) is 0 Å². The highest BCUT2D eigenvalue weighted by Crippen LogP contribution is 2.13. The first-order valence-electron chi connectivity index (χ1n) is 8.10. The number of carbonyl (C=O) groups is 1. The molecule has 0 radical (unpaired) electrons. The van der Waals surface area contributed by atoms with Crippen molar-refractivity contribution < 1.29 is 17.9 Å². The van der Waals surface area contributed by atoms with E-state index in [2.05, 4.69) is 12.2 Å². The first-order chi connectivity index (χ1) is 11.4. The average molecular weight is 355 g/mol. The summed E-state index contributed by atoms with van der Waals surface area (Å²) >= 11 is 0. The highest BCUT2D eigenvalue weighted by Gasteiger charge is 2.25. The molecule has 1 aliphatic heterocycles. The van der Waals surface area contributed by atoms with Crippen LogP contribution in [0.4, 0.5) is 4.79 Å². The second-order valence-corrected chi connectivity index (χ2v) is 7.80. The number of hydrogen-bond acceptors (Lipinski definition) is 4. The first-order valence-corrected chi connectivity index (χ1v) is 9.94. The number of rotatable bonds is 6. The number of hydrogen-bond donors (Lipinski definition) is 1. The number of nitrogens with one attached hydrogen (secondary N) is 1. The highest BCUT2D eigenvalue weighted by atomic mass is 32.2. The number of nitrogens with zero attached hydrogens (tertiary/aromatic N) is 2. The summed E-state index contributed by atoms with van der Waals surface area (Å²) in [5.41, 5.74) is 1.26. The van der Waals surface area contributed by atoms with E-state index in [9.17, 15) is 13.2 Å². The Kier molecular flexibility index (Phi) is 6.44. The number of amides is 2. The molecule has 24 heavy (non-hydrogen) atoms. The molecule has 0 saturated carbocycles. The molecule has 2 rings (SSSR count). The molecule has 1 saturated heterocycles. The Morgan fingerprint density at radius 1 is 1.17 bits per heavy atom. The Labute approximate surface area is 143 Å². The number of ether oxygens (including phenoxy) is 1. The van der Waals surface area contributed by atoms with E-state index in [4.69, 9.17) is 4.74 Å². The molecule has 134 valence electrons. The summed E-state index contributed by atoms with van der Waals surface area (Å²) in [6.45, 7) is 3.63. The number of aryl methyl sites for hydroxylation is 1. The van der Waals surface area contributed by atoms with Crippen LogP contribution in [0.25, 0.3) is 0 Å². The van der Waals surface area contributed by atoms with Gasteiger partial charge in [0.15, 0.2) is 6.73 Å². The smallest absolute Gasteiger partial charge is 0.320 e. The molecule has 1 aromatic rings. The Bertz CT molecular complexity index is 638. The van der Waals surface area contributed by atoms with Gasteiger partial charge in [-0.25, -0.2) is 13.2 Å². The molecule has 0 spiro atoms. The SMILES string of the molecule is CCCc1ccc(OCNC(=O)N2CCN(S(C)(=O)=O)CC2)cc1. The molecule has 1 aromatic carbocycles. The molecule has 0 aromatic heterocycles. The summed E-state index contributed by atoms with van der Waals surface area (Å²) < 4.78 is 29.8. The number of urea groups is 1. The van der Waals surface area contributed by atoms with Crippen LogP contribution in [0.3, 0.4) is 0 Å². The van der Waals surface area contributed by atoms with Crippen molar-refractivity contribution in [2.24, 2.45) is 0 Å². The van der Waals surface area contributed by atoms with Gasteiger partial charge < -0.3 is 15.0 Å². The Balaban J connectivity index is 1.72. The minimum atomic E-state index is -3.19. The van der Waals surface area contributed by atoms with Crippen LogP contribution in [-0.2, 0) is 16.4 Å². The maximum Gasteiger partial charge on any atom is 0.320 e. The zero-order valence-electron chi connectivity index (χ0n) is 14.2. The second-order valence-electron chi connectivity index (χ2n) is 5.81. The fourth-order valence-corrected chi connectivity index (χ4v) is 3.38. The van der Waals surface area contributed by atoms with Gasteiger partial charge in [0.25, 0.3) is 0 Å². The minimum Gasteiger partial charge on any atom is -0.473 e. The quantitative estimate of drug-likeness (QED) is 0.779. The van der Waals surface area contributed by atoms with E-state index < -0.39 is 10.0 Å². The molecule has 8 heteroatoms. The van der Waals surface area contributed by atoms with Crippen LogP contribution in [0, 0.1) is 0 Å². The Morgan fingerprint density at radius 2 is 1.79 bits per heavy atom. The van der Waals surface area contributed by atoms with Crippen molar-refractivity contribution in [3.8, 4) is 5.75 Å². The van der Waals surface area contributed by atoms with Gasteiger partial charge in [0.05, 0.1) is 6.26 Å². The number of sulfonamides is 1. The maximum atomic E-state index is 12.1. The first kappa shape index (κ1) is 18.5. The van der Waals surface area contributed by atoms with Gasteiger partial charge in [-0.1, -0.05) is 25.5 Å². The zero-order chi connectivity index (χ0) is 17.6. The molecular weight excluding hydrogens is 330 g/mol. The summed E-state index contributed by atoms with van der Waals surface area (Å²) in [7, 11) is -3.19. The minimum absolute atomic E-state index is 0.0816. The lowest BCUT2D eigenvalue weighted by molar-refractivity contribution is 0.162. The van der Waals surface area contributed by atoms with Crippen molar-refractivity contribution in [1.29, 1.82) is 0 Å². The Hall–Kier alpha value is -1.80. The number of piperazine rings is 1. The molecule has 2 amide bonds. The van der Waals surface area contributed by atoms with E-state index in [1.165, 1.54) is 16.1 Å².